The molecule has 0 aliphatic carbocycles. The fourth-order valence-corrected chi connectivity index (χ4v) is 7.68. The summed E-state index contributed by atoms with van der Waals surface area (Å²) in [6.45, 7) is 5.53. The molecule has 0 atom stereocenters. The molecule has 3 amide bonds. The lowest BCUT2D eigenvalue weighted by Crippen LogP contribution is -2.45. The molecule has 8 N–H and O–H groups in total. The maximum atomic E-state index is 13.3. The lowest BCUT2D eigenvalue weighted by Gasteiger charge is -2.30. The van der Waals surface area contributed by atoms with Gasteiger partial charge in [-0.1, -0.05) is 0 Å². The van der Waals surface area contributed by atoms with E-state index in [0.717, 1.165) is 13.7 Å². The number of nitrogens with zero attached hydrogens (tertiary/aromatic N) is 7. The molecule has 4 aromatic rings. The number of nitrogens with two attached hydrogens (primary N) is 1. The van der Waals surface area contributed by atoms with Crippen LogP contribution >= 0.6 is 0 Å². The zero-order valence-corrected chi connectivity index (χ0v) is 41.1. The predicted molar refractivity (Wildman–Crippen MR) is 264 cm³/mol. The van der Waals surface area contributed by atoms with Gasteiger partial charge in [0.2, 0.25) is 5.91 Å². The van der Waals surface area contributed by atoms with Gasteiger partial charge in [-0.05, 0) is 57.1 Å². The highest BCUT2D eigenvalue weighted by Gasteiger charge is 2.21. The second-order valence-corrected chi connectivity index (χ2v) is 17.2. The Morgan fingerprint density at radius 3 is 1.24 bits per heavy atom. The summed E-state index contributed by atoms with van der Waals surface area (Å²) in [7, 11) is 5.94. The van der Waals surface area contributed by atoms with E-state index in [9.17, 15) is 58.5 Å². The zero-order chi connectivity index (χ0) is 52.4. The number of carbonyl (C=O) groups excluding carboxylic acids is 5. The number of Topliss-reactive ketones (excluding diaryl/α,β-unsaturated/α-hetero) is 2. The molecule has 4 heterocycles. The van der Waals surface area contributed by atoms with Crippen LogP contribution in [0.3, 0.4) is 0 Å². The first-order valence-corrected chi connectivity index (χ1v) is 23.3. The molecule has 0 aromatic carbocycles. The van der Waals surface area contributed by atoms with Crippen LogP contribution in [0, 0.1) is 6.92 Å². The van der Waals surface area contributed by atoms with Gasteiger partial charge in [0.1, 0.15) is 0 Å². The van der Waals surface area contributed by atoms with Crippen LogP contribution in [0.15, 0.2) is 68.2 Å². The lowest BCUT2D eigenvalue weighted by molar-refractivity contribution is -0.120. The molecule has 0 spiro atoms. The third kappa shape index (κ3) is 16.2. The molecule has 0 radical (unpaired) electrons. The van der Waals surface area contributed by atoms with Gasteiger partial charge >= 0.3 is 0 Å². The van der Waals surface area contributed by atoms with Gasteiger partial charge in [0, 0.05) is 155 Å². The molecule has 4 aromatic heterocycles. The van der Waals surface area contributed by atoms with Gasteiger partial charge in [0.15, 0.2) is 28.8 Å². The van der Waals surface area contributed by atoms with Crippen molar-refractivity contribution in [3.8, 4) is 17.2 Å². The van der Waals surface area contributed by atoms with Crippen LogP contribution in [0.2, 0.25) is 0 Å². The van der Waals surface area contributed by atoms with E-state index < -0.39 is 51.5 Å². The van der Waals surface area contributed by atoms with E-state index in [1.165, 1.54) is 62.5 Å². The minimum atomic E-state index is -0.737. The van der Waals surface area contributed by atoms with Crippen molar-refractivity contribution in [1.29, 1.82) is 0 Å². The Balaban J connectivity index is 1.52. The standard InChI is InChI=1S/C48H67N11O12/c1-32-33(11-21-53(2)45(32)68)37(60)8-6-19-57(26-17-51-43(66)35-13-23-55(4)47(70)41(35)64)28-30-59(25-16-50-39(62)10-15-49)31-29-58(20-7-9-38(61)34-12-22-54(3)46(69)40(34)63)27-18-52-44(67)36-14-24-56(5)48(71)42(36)65/h11-14,21-24,63-65H,6-10,15-20,25-31,49H2,1-5H3,(H,50,62)(H,51,66)(H,52,67). The largest absolute Gasteiger partial charge is 0.503 e. The molecule has 71 heavy (non-hydrogen) atoms. The van der Waals surface area contributed by atoms with E-state index in [4.69, 9.17) is 5.73 Å². The Hall–Kier alpha value is -7.21. The first-order valence-electron chi connectivity index (χ1n) is 23.3. The van der Waals surface area contributed by atoms with E-state index in [0.29, 0.717) is 76.3 Å². The van der Waals surface area contributed by atoms with Gasteiger partial charge in [-0.3, -0.25) is 48.1 Å². The number of aryl methyl sites for hydroxylation is 4. The topological polar surface area (TPSA) is 306 Å². The summed E-state index contributed by atoms with van der Waals surface area (Å²) in [5.74, 6) is -4.20. The summed E-state index contributed by atoms with van der Waals surface area (Å²) in [5.41, 5.74) is 3.37. The average Bonchev–Trinajstić information content (AvgIpc) is 3.33. The van der Waals surface area contributed by atoms with Crippen molar-refractivity contribution in [1.82, 2.24) is 48.9 Å². The highest BCUT2D eigenvalue weighted by molar-refractivity contribution is 5.99. The van der Waals surface area contributed by atoms with Gasteiger partial charge in [-0.15, -0.1) is 0 Å². The number of hydrogen-bond acceptors (Lipinski definition) is 16. The van der Waals surface area contributed by atoms with Gasteiger partial charge in [0.05, 0.1) is 16.7 Å². The van der Waals surface area contributed by atoms with Crippen LogP contribution < -0.4 is 43.9 Å². The summed E-state index contributed by atoms with van der Waals surface area (Å²) in [6.07, 6.45) is 6.62. The SMILES string of the molecule is Cc1c(C(=O)CCCN(CCNC(=O)c2ccn(C)c(=O)c2O)CCN(CCNC(=O)CCN)CCN(CCCC(=O)c2ccn(C)c(=O)c2O)CCNC(=O)c2ccn(C)c(=O)c2O)ccn(C)c1=O. The van der Waals surface area contributed by atoms with Crippen LogP contribution in [-0.2, 0) is 33.0 Å². The highest BCUT2D eigenvalue weighted by atomic mass is 16.3. The first-order chi connectivity index (χ1) is 33.7. The monoisotopic (exact) mass is 989 g/mol. The van der Waals surface area contributed by atoms with Crippen LogP contribution in [0.25, 0.3) is 0 Å². The van der Waals surface area contributed by atoms with Crippen molar-refractivity contribution in [2.75, 3.05) is 85.1 Å². The number of aromatic nitrogens is 4. The molecular weight excluding hydrogens is 923 g/mol. The molecule has 0 unspecified atom stereocenters. The Morgan fingerprint density at radius 1 is 0.479 bits per heavy atom. The van der Waals surface area contributed by atoms with Gasteiger partial charge in [-0.25, -0.2) is 0 Å². The highest BCUT2D eigenvalue weighted by Crippen LogP contribution is 2.15. The molecular formula is C48H67N11O12. The van der Waals surface area contributed by atoms with Crippen molar-refractivity contribution >= 4 is 29.3 Å². The van der Waals surface area contributed by atoms with Crippen LogP contribution in [-0.4, -0.2) is 163 Å². The molecule has 386 valence electrons. The third-order valence-electron chi connectivity index (χ3n) is 12.1. The van der Waals surface area contributed by atoms with Crippen molar-refractivity contribution in [3.05, 3.63) is 118 Å². The van der Waals surface area contributed by atoms with E-state index in [-0.39, 0.29) is 85.9 Å². The molecule has 0 bridgehead atoms. The van der Waals surface area contributed by atoms with Gasteiger partial charge in [0.25, 0.3) is 34.1 Å². The number of hydrogen-bond donors (Lipinski definition) is 7. The molecule has 4 rings (SSSR count). The number of carbonyl (C=O) groups is 5. The van der Waals surface area contributed by atoms with Crippen molar-refractivity contribution in [2.24, 2.45) is 33.9 Å². The second kappa shape index (κ2) is 27.3. The summed E-state index contributed by atoms with van der Waals surface area (Å²) in [5, 5.41) is 39.5. The molecule has 23 nitrogen and oxygen atoms in total. The number of rotatable bonds is 29. The number of aromatic hydroxyl groups is 3. The third-order valence-corrected chi connectivity index (χ3v) is 12.1. The average molecular weight is 990 g/mol. The van der Waals surface area contributed by atoms with Crippen molar-refractivity contribution in [3.63, 3.8) is 0 Å². The van der Waals surface area contributed by atoms with Crippen LogP contribution in [0.1, 0.15) is 79.1 Å². The quantitative estimate of drug-likeness (QED) is 0.0313. The van der Waals surface area contributed by atoms with Crippen LogP contribution in [0.5, 0.6) is 17.2 Å². The summed E-state index contributed by atoms with van der Waals surface area (Å²) >= 11 is 0. The van der Waals surface area contributed by atoms with E-state index in [2.05, 4.69) is 20.9 Å². The van der Waals surface area contributed by atoms with Crippen molar-refractivity contribution in [2.45, 2.75) is 39.0 Å². The first kappa shape index (κ1) is 56.4. The minimum absolute atomic E-state index is 0.0172. The summed E-state index contributed by atoms with van der Waals surface area (Å²) < 4.78 is 4.84. The van der Waals surface area contributed by atoms with Gasteiger partial charge < -0.3 is 65.1 Å². The number of amides is 3. The van der Waals surface area contributed by atoms with Crippen LogP contribution in [0.4, 0.5) is 0 Å². The Kier molecular flexibility index (Phi) is 21.6. The fraction of sp³-hybridized carbons (Fsp3) is 0.479. The maximum Gasteiger partial charge on any atom is 0.293 e. The van der Waals surface area contributed by atoms with E-state index in [1.807, 2.05) is 9.80 Å². The minimum Gasteiger partial charge on any atom is -0.503 e. The Morgan fingerprint density at radius 2 is 0.817 bits per heavy atom. The molecule has 0 saturated heterocycles. The molecule has 0 aliphatic rings. The van der Waals surface area contributed by atoms with Gasteiger partial charge in [-0.2, -0.15) is 0 Å². The maximum absolute atomic E-state index is 13.3. The number of nitrogens with one attached hydrogen (secondary N) is 3. The molecule has 23 heteroatoms. The molecule has 0 saturated carbocycles. The normalized spacial score (nSPS) is 11.3. The molecule has 0 aliphatic heterocycles. The van der Waals surface area contributed by atoms with Crippen molar-refractivity contribution < 1.29 is 39.3 Å². The van der Waals surface area contributed by atoms with E-state index in [1.54, 1.807) is 26.2 Å². The van der Waals surface area contributed by atoms with E-state index >= 15 is 0 Å². The Labute approximate surface area is 410 Å². The number of pyridine rings is 4. The molecule has 0 fully saturated rings. The predicted octanol–water partition coefficient (Wildman–Crippen LogP) is -1.24. The smallest absolute Gasteiger partial charge is 0.293 e. The Bertz CT molecular complexity index is 2440. The number of ketones is 2. The summed E-state index contributed by atoms with van der Waals surface area (Å²) in [4.78, 5) is 121. The summed E-state index contributed by atoms with van der Waals surface area (Å²) in [6, 6.07) is 5.66. The lowest BCUT2D eigenvalue weighted by atomic mass is 10.0. The fourth-order valence-electron chi connectivity index (χ4n) is 7.68. The zero-order valence-electron chi connectivity index (χ0n) is 41.1. The second-order valence-electron chi connectivity index (χ2n) is 17.2.